The van der Waals surface area contributed by atoms with Crippen LogP contribution in [0.2, 0.25) is 0 Å². The summed E-state index contributed by atoms with van der Waals surface area (Å²) >= 11 is 0. The molecule has 3 atom stereocenters. The molecule has 0 fully saturated rings. The number of carbonyl (C=O) groups is 1. The van der Waals surface area contributed by atoms with E-state index in [1.165, 1.54) is 0 Å². The summed E-state index contributed by atoms with van der Waals surface area (Å²) in [4.78, 5) is 44.4. The average molecular weight is 340 g/mol. The first kappa shape index (κ1) is 19.8. The van der Waals surface area contributed by atoms with Crippen LogP contribution in [0.25, 0.3) is 0 Å². The Kier molecular flexibility index (Phi) is 7.60. The Bertz CT molecular complexity index is 410. The number of ketones is 1. The molecule has 0 aromatic heterocycles. The Balaban J connectivity index is 4.38. The van der Waals surface area contributed by atoms with Crippen molar-refractivity contribution in [2.24, 2.45) is 0 Å². The summed E-state index contributed by atoms with van der Waals surface area (Å²) in [6.45, 7) is -2.33. The van der Waals surface area contributed by atoms with E-state index in [0.717, 1.165) is 0 Å². The van der Waals surface area contributed by atoms with E-state index >= 15 is 0 Å². The fourth-order valence-corrected chi connectivity index (χ4v) is 1.55. The van der Waals surface area contributed by atoms with Crippen molar-refractivity contribution in [2.75, 3.05) is 13.2 Å². The summed E-state index contributed by atoms with van der Waals surface area (Å²) in [6, 6.07) is 0. The van der Waals surface area contributed by atoms with Gasteiger partial charge >= 0.3 is 15.6 Å². The summed E-state index contributed by atoms with van der Waals surface area (Å²) < 4.78 is 28.2. The van der Waals surface area contributed by atoms with Crippen molar-refractivity contribution < 1.29 is 57.9 Å². The highest BCUT2D eigenvalue weighted by Crippen LogP contribution is 2.36. The van der Waals surface area contributed by atoms with Crippen molar-refractivity contribution in [3.63, 3.8) is 0 Å². The lowest BCUT2D eigenvalue weighted by atomic mass is 10.1. The number of aliphatic hydroxyl groups excluding tert-OH is 3. The summed E-state index contributed by atoms with van der Waals surface area (Å²) in [6.07, 6.45) is -6.53. The molecule has 20 heavy (non-hydrogen) atoms. The third kappa shape index (κ3) is 8.84. The normalized spacial score (nSPS) is 17.6. The smallest absolute Gasteiger partial charge is 0.388 e. The highest BCUT2D eigenvalue weighted by atomic mass is 31.2. The molecule has 0 rings (SSSR count). The van der Waals surface area contributed by atoms with Crippen molar-refractivity contribution in [1.82, 2.24) is 0 Å². The molecule has 0 amide bonds. The minimum Gasteiger partial charge on any atom is -0.388 e. The Labute approximate surface area is 112 Å². The lowest BCUT2D eigenvalue weighted by Crippen LogP contribution is -2.45. The van der Waals surface area contributed by atoms with Crippen LogP contribution in [0, 0.1) is 0 Å². The van der Waals surface area contributed by atoms with Gasteiger partial charge in [-0.2, -0.15) is 0 Å². The molecule has 120 valence electrons. The Hall–Kier alpha value is -0.230. The van der Waals surface area contributed by atoms with E-state index in [0.29, 0.717) is 0 Å². The topological polar surface area (TPSA) is 211 Å². The summed E-state index contributed by atoms with van der Waals surface area (Å²) in [7, 11) is -9.87. The van der Waals surface area contributed by atoms with Gasteiger partial charge in [-0.1, -0.05) is 0 Å². The van der Waals surface area contributed by atoms with Crippen molar-refractivity contribution in [3.8, 4) is 0 Å². The maximum absolute atomic E-state index is 11.2. The zero-order chi connectivity index (χ0) is 16.1. The van der Waals surface area contributed by atoms with Gasteiger partial charge < -0.3 is 34.9 Å². The van der Waals surface area contributed by atoms with Crippen LogP contribution < -0.4 is 0 Å². The number of hydrogen-bond acceptors (Lipinski definition) is 8. The van der Waals surface area contributed by atoms with Crippen molar-refractivity contribution >= 4 is 21.4 Å². The van der Waals surface area contributed by atoms with Gasteiger partial charge in [-0.3, -0.25) is 13.8 Å². The van der Waals surface area contributed by atoms with E-state index in [1.54, 1.807) is 0 Å². The third-order valence-corrected chi connectivity index (χ3v) is 2.79. The molecule has 0 radical (unpaired) electrons. The molecule has 0 aliphatic heterocycles. The van der Waals surface area contributed by atoms with E-state index in [-0.39, 0.29) is 0 Å². The summed E-state index contributed by atoms with van der Waals surface area (Å²) in [5, 5.41) is 27.7. The first-order chi connectivity index (χ1) is 8.83. The number of Topliss-reactive ketones (excluding diaryl/α,β-unsaturated/α-hetero) is 1. The number of aliphatic hydroxyl groups is 3. The molecular formula is C6H14O12P2. The number of phosphoric ester groups is 2. The molecule has 0 unspecified atom stereocenters. The van der Waals surface area contributed by atoms with Crippen LogP contribution in [0.4, 0.5) is 0 Å². The molecule has 12 nitrogen and oxygen atoms in total. The van der Waals surface area contributed by atoms with Gasteiger partial charge in [0.2, 0.25) is 0 Å². The highest BCUT2D eigenvalue weighted by molar-refractivity contribution is 7.46. The molecule has 0 saturated carbocycles. The van der Waals surface area contributed by atoms with Crippen LogP contribution >= 0.6 is 15.6 Å². The van der Waals surface area contributed by atoms with Crippen LogP contribution in [-0.2, 0) is 23.0 Å². The number of hydrogen-bond donors (Lipinski definition) is 7. The Morgan fingerprint density at radius 2 is 1.40 bits per heavy atom. The maximum atomic E-state index is 11.2. The van der Waals surface area contributed by atoms with E-state index in [1.807, 2.05) is 0 Å². The quantitative estimate of drug-likeness (QED) is 0.207. The predicted octanol–water partition coefficient (Wildman–Crippen LogP) is -3.14. The average Bonchev–Trinajstić information content (AvgIpc) is 2.29. The monoisotopic (exact) mass is 340 g/mol. The molecule has 14 heteroatoms. The third-order valence-electron chi connectivity index (χ3n) is 1.84. The predicted molar refractivity (Wildman–Crippen MR) is 59.0 cm³/mol. The maximum Gasteiger partial charge on any atom is 0.470 e. The van der Waals surface area contributed by atoms with Crippen LogP contribution in [0.15, 0.2) is 0 Å². The molecule has 0 bridgehead atoms. The largest absolute Gasteiger partial charge is 0.470 e. The van der Waals surface area contributed by atoms with Crippen LogP contribution in [0.1, 0.15) is 0 Å². The molecule has 0 heterocycles. The standard InChI is InChI=1S/C6H14O12P2/c7-3(1-17-19(11,12)13)5(9)6(10)4(8)2-18-20(14,15)16/h3,5-7,9-10H,1-2H2,(H2,11,12,13)(H2,14,15,16)/t3-,5-,6+/m1/s1. The van der Waals surface area contributed by atoms with Gasteiger partial charge in [0.15, 0.2) is 5.78 Å². The number of carbonyl (C=O) groups excluding carboxylic acids is 1. The minimum absolute atomic E-state index is 1.09. The first-order valence-corrected chi connectivity index (χ1v) is 7.86. The van der Waals surface area contributed by atoms with Gasteiger partial charge in [0, 0.05) is 0 Å². The van der Waals surface area contributed by atoms with Crippen molar-refractivity contribution in [1.29, 1.82) is 0 Å². The van der Waals surface area contributed by atoms with Crippen LogP contribution in [0.5, 0.6) is 0 Å². The molecule has 0 aromatic carbocycles. The van der Waals surface area contributed by atoms with Crippen molar-refractivity contribution in [3.05, 3.63) is 0 Å². The van der Waals surface area contributed by atoms with Gasteiger partial charge in [-0.15, -0.1) is 0 Å². The van der Waals surface area contributed by atoms with E-state index in [9.17, 15) is 29.2 Å². The molecule has 7 N–H and O–H groups in total. The van der Waals surface area contributed by atoms with E-state index in [2.05, 4.69) is 9.05 Å². The number of rotatable bonds is 9. The van der Waals surface area contributed by atoms with Gasteiger partial charge in [-0.05, 0) is 0 Å². The second-order valence-corrected chi connectivity index (χ2v) is 6.00. The van der Waals surface area contributed by atoms with Crippen LogP contribution in [0.3, 0.4) is 0 Å². The molecule has 0 aromatic rings. The van der Waals surface area contributed by atoms with Crippen molar-refractivity contribution in [2.45, 2.75) is 18.3 Å². The zero-order valence-electron chi connectivity index (χ0n) is 9.71. The Morgan fingerprint density at radius 1 is 0.950 bits per heavy atom. The van der Waals surface area contributed by atoms with Gasteiger partial charge in [0.25, 0.3) is 0 Å². The van der Waals surface area contributed by atoms with Gasteiger partial charge in [0.05, 0.1) is 6.61 Å². The van der Waals surface area contributed by atoms with Gasteiger partial charge in [0.1, 0.15) is 24.9 Å². The van der Waals surface area contributed by atoms with Gasteiger partial charge in [-0.25, -0.2) is 9.13 Å². The second kappa shape index (κ2) is 7.69. The molecule has 0 aliphatic carbocycles. The molecular weight excluding hydrogens is 326 g/mol. The molecule has 0 spiro atoms. The fourth-order valence-electron chi connectivity index (χ4n) is 0.906. The van der Waals surface area contributed by atoms with Crippen LogP contribution in [-0.4, -0.2) is 72.2 Å². The lowest BCUT2D eigenvalue weighted by molar-refractivity contribution is -0.142. The minimum atomic E-state index is -4.95. The van der Waals surface area contributed by atoms with E-state index < -0.39 is 53.0 Å². The first-order valence-electron chi connectivity index (χ1n) is 4.80. The molecule has 0 saturated heterocycles. The second-order valence-electron chi connectivity index (χ2n) is 3.52. The number of phosphoric acid groups is 2. The van der Waals surface area contributed by atoms with E-state index in [4.69, 9.17) is 19.6 Å². The molecule has 0 aliphatic rings. The summed E-state index contributed by atoms with van der Waals surface area (Å²) in [5.74, 6) is -1.36. The zero-order valence-corrected chi connectivity index (χ0v) is 11.5. The Morgan fingerprint density at radius 3 is 1.80 bits per heavy atom. The fraction of sp³-hybridized carbons (Fsp3) is 0.833. The SMILES string of the molecule is O=C(COP(=O)(O)O)[C@H](O)[C@H](O)[C@H](O)COP(=O)(O)O. The summed E-state index contributed by atoms with van der Waals surface area (Å²) in [5.41, 5.74) is 0. The highest BCUT2D eigenvalue weighted by Gasteiger charge is 2.32. The lowest BCUT2D eigenvalue weighted by Gasteiger charge is -2.22.